The molecule has 0 saturated heterocycles. The van der Waals surface area contributed by atoms with E-state index in [2.05, 4.69) is 13.8 Å². The SMILES string of the molecule is C[C@@]12CCC[C@H]1[C@@H]1C[C@@H](OC=O)[C@@]3(O)C[C@@H](OC=O)CC[C@]3(C)[C@H]1CC2. The molecule has 4 aliphatic rings. The summed E-state index contributed by atoms with van der Waals surface area (Å²) in [6.45, 7) is 5.60. The number of ether oxygens (including phenoxy) is 2. The van der Waals surface area contributed by atoms with Crippen molar-refractivity contribution in [3.05, 3.63) is 0 Å². The van der Waals surface area contributed by atoms with Gasteiger partial charge in [0.15, 0.2) is 0 Å². The van der Waals surface area contributed by atoms with E-state index >= 15 is 0 Å². The Bertz CT molecular complexity index is 579. The minimum Gasteiger partial charge on any atom is -0.464 e. The Morgan fingerprint density at radius 3 is 2.46 bits per heavy atom. The van der Waals surface area contributed by atoms with Crippen molar-refractivity contribution in [1.29, 1.82) is 0 Å². The molecular weight excluding hydrogens is 332 g/mol. The number of hydrogen-bond acceptors (Lipinski definition) is 5. The van der Waals surface area contributed by atoms with Crippen molar-refractivity contribution in [2.45, 2.75) is 89.4 Å². The van der Waals surface area contributed by atoms with Gasteiger partial charge in [-0.1, -0.05) is 20.3 Å². The van der Waals surface area contributed by atoms with E-state index in [1.54, 1.807) is 0 Å². The van der Waals surface area contributed by atoms with Gasteiger partial charge in [0, 0.05) is 11.8 Å². The molecule has 1 N–H and O–H groups in total. The molecule has 0 radical (unpaired) electrons. The molecule has 26 heavy (non-hydrogen) atoms. The molecule has 0 unspecified atom stereocenters. The highest BCUT2D eigenvalue weighted by atomic mass is 16.5. The minimum absolute atomic E-state index is 0.291. The fourth-order valence-corrected chi connectivity index (χ4v) is 7.64. The van der Waals surface area contributed by atoms with E-state index in [4.69, 9.17) is 9.47 Å². The molecule has 0 amide bonds. The summed E-state index contributed by atoms with van der Waals surface area (Å²) in [6, 6.07) is 0. The summed E-state index contributed by atoms with van der Waals surface area (Å²) in [5, 5.41) is 11.8. The Morgan fingerprint density at radius 2 is 1.73 bits per heavy atom. The van der Waals surface area contributed by atoms with Crippen molar-refractivity contribution < 1.29 is 24.2 Å². The first-order valence-electron chi connectivity index (χ1n) is 10.3. The molecule has 4 rings (SSSR count). The molecule has 5 nitrogen and oxygen atoms in total. The number of hydrogen-bond donors (Lipinski definition) is 1. The Kier molecular flexibility index (Phi) is 4.37. The lowest BCUT2D eigenvalue weighted by Gasteiger charge is -2.65. The zero-order chi connectivity index (χ0) is 18.6. The maximum Gasteiger partial charge on any atom is 0.293 e. The van der Waals surface area contributed by atoms with E-state index in [0.717, 1.165) is 25.7 Å². The zero-order valence-electron chi connectivity index (χ0n) is 16.0. The first-order valence-corrected chi connectivity index (χ1v) is 10.3. The van der Waals surface area contributed by atoms with Gasteiger partial charge in [0.25, 0.3) is 12.9 Å². The second kappa shape index (κ2) is 6.22. The van der Waals surface area contributed by atoms with Gasteiger partial charge in [0.1, 0.15) is 17.8 Å². The lowest BCUT2D eigenvalue weighted by Crippen LogP contribution is -2.69. The highest BCUT2D eigenvalue weighted by Crippen LogP contribution is 2.67. The molecule has 146 valence electrons. The van der Waals surface area contributed by atoms with Crippen LogP contribution in [0.3, 0.4) is 0 Å². The van der Waals surface area contributed by atoms with Crippen molar-refractivity contribution in [3.8, 4) is 0 Å². The normalized spacial score (nSPS) is 53.0. The van der Waals surface area contributed by atoms with Crippen molar-refractivity contribution in [2.24, 2.45) is 28.6 Å². The molecule has 4 fully saturated rings. The van der Waals surface area contributed by atoms with Crippen molar-refractivity contribution >= 4 is 12.9 Å². The lowest BCUT2D eigenvalue weighted by atomic mass is 9.43. The fourth-order valence-electron chi connectivity index (χ4n) is 7.64. The average Bonchev–Trinajstić information content (AvgIpc) is 2.99. The minimum atomic E-state index is -1.12. The van der Waals surface area contributed by atoms with Gasteiger partial charge in [-0.15, -0.1) is 0 Å². The molecule has 0 heterocycles. The third kappa shape index (κ3) is 2.38. The summed E-state index contributed by atoms with van der Waals surface area (Å²) in [6.07, 6.45) is 8.12. The standard InChI is InChI=1S/C21H32O5/c1-19-7-3-4-16(19)15-10-18(26-13-23)21(24)11-14(25-12-22)5-9-20(21,2)17(15)6-8-19/h12-18,24H,3-11H2,1-2H3/t14-,15-,16-,17-,18+,19-,20+,21-/m0/s1. The lowest BCUT2D eigenvalue weighted by molar-refractivity contribution is -0.266. The molecule has 0 aromatic carbocycles. The Balaban J connectivity index is 1.70. The van der Waals surface area contributed by atoms with Gasteiger partial charge in [-0.25, -0.2) is 0 Å². The number of fused-ring (bicyclic) bond motifs is 5. The van der Waals surface area contributed by atoms with Crippen LogP contribution >= 0.6 is 0 Å². The molecule has 0 aromatic rings. The topological polar surface area (TPSA) is 72.8 Å². The van der Waals surface area contributed by atoms with Crippen LogP contribution in [0.4, 0.5) is 0 Å². The van der Waals surface area contributed by atoms with Crippen LogP contribution in [0.25, 0.3) is 0 Å². The van der Waals surface area contributed by atoms with E-state index in [0.29, 0.717) is 42.5 Å². The summed E-state index contributed by atoms with van der Waals surface area (Å²) < 4.78 is 10.7. The van der Waals surface area contributed by atoms with Crippen LogP contribution in [0.1, 0.15) is 71.6 Å². The van der Waals surface area contributed by atoms with Crippen LogP contribution in [-0.4, -0.2) is 35.9 Å². The van der Waals surface area contributed by atoms with Gasteiger partial charge in [-0.3, -0.25) is 9.59 Å². The third-order valence-corrected chi connectivity index (χ3v) is 9.04. The van der Waals surface area contributed by atoms with Gasteiger partial charge in [-0.05, 0) is 68.1 Å². The van der Waals surface area contributed by atoms with Crippen LogP contribution in [-0.2, 0) is 19.1 Å². The average molecular weight is 364 g/mol. The van der Waals surface area contributed by atoms with E-state index in [9.17, 15) is 14.7 Å². The summed E-state index contributed by atoms with van der Waals surface area (Å²) in [5.74, 6) is 1.63. The number of carbonyl (C=O) groups is 2. The summed E-state index contributed by atoms with van der Waals surface area (Å²) in [5.41, 5.74) is -1.000. The quantitative estimate of drug-likeness (QED) is 0.776. The largest absolute Gasteiger partial charge is 0.464 e. The Hall–Kier alpha value is -1.10. The number of carbonyl (C=O) groups excluding carboxylic acids is 2. The predicted octanol–water partition coefficient (Wildman–Crippen LogP) is 3.23. The van der Waals surface area contributed by atoms with Crippen molar-refractivity contribution in [3.63, 3.8) is 0 Å². The van der Waals surface area contributed by atoms with Gasteiger partial charge < -0.3 is 14.6 Å². The Morgan fingerprint density at radius 1 is 0.962 bits per heavy atom. The van der Waals surface area contributed by atoms with Crippen LogP contribution in [0.15, 0.2) is 0 Å². The van der Waals surface area contributed by atoms with Crippen LogP contribution in [0.2, 0.25) is 0 Å². The highest BCUT2D eigenvalue weighted by molar-refractivity contribution is 5.39. The number of aliphatic hydroxyl groups is 1. The molecule has 8 atom stereocenters. The molecule has 4 saturated carbocycles. The second-order valence-electron chi connectivity index (χ2n) is 9.86. The van der Waals surface area contributed by atoms with Gasteiger partial charge in [0.2, 0.25) is 0 Å². The smallest absolute Gasteiger partial charge is 0.293 e. The monoisotopic (exact) mass is 364 g/mol. The first kappa shape index (κ1) is 18.3. The molecule has 0 spiro atoms. The van der Waals surface area contributed by atoms with E-state index in [-0.39, 0.29) is 11.5 Å². The molecule has 0 aliphatic heterocycles. The van der Waals surface area contributed by atoms with E-state index in [1.165, 1.54) is 25.7 Å². The van der Waals surface area contributed by atoms with Gasteiger partial charge in [0.05, 0.1) is 0 Å². The summed E-state index contributed by atoms with van der Waals surface area (Å²) in [4.78, 5) is 22.1. The predicted molar refractivity (Wildman–Crippen MR) is 95.1 cm³/mol. The van der Waals surface area contributed by atoms with Crippen molar-refractivity contribution in [2.75, 3.05) is 0 Å². The highest BCUT2D eigenvalue weighted by Gasteiger charge is 2.67. The molecule has 0 aromatic heterocycles. The molecular formula is C21H32O5. The zero-order valence-corrected chi connectivity index (χ0v) is 16.0. The van der Waals surface area contributed by atoms with Gasteiger partial charge >= 0.3 is 0 Å². The van der Waals surface area contributed by atoms with E-state index in [1.807, 2.05) is 0 Å². The fraction of sp³-hybridized carbons (Fsp3) is 0.905. The molecule has 5 heteroatoms. The number of rotatable bonds is 4. The summed E-state index contributed by atoms with van der Waals surface area (Å²) in [7, 11) is 0. The van der Waals surface area contributed by atoms with Crippen LogP contribution in [0, 0.1) is 28.6 Å². The third-order valence-electron chi connectivity index (χ3n) is 9.04. The first-order chi connectivity index (χ1) is 12.4. The van der Waals surface area contributed by atoms with Gasteiger partial charge in [-0.2, -0.15) is 0 Å². The van der Waals surface area contributed by atoms with E-state index < -0.39 is 11.7 Å². The summed E-state index contributed by atoms with van der Waals surface area (Å²) >= 11 is 0. The molecule has 4 aliphatic carbocycles. The maximum absolute atomic E-state index is 11.8. The maximum atomic E-state index is 11.8. The van der Waals surface area contributed by atoms with Crippen molar-refractivity contribution in [1.82, 2.24) is 0 Å². The van der Waals surface area contributed by atoms with Crippen LogP contribution in [0.5, 0.6) is 0 Å². The second-order valence-corrected chi connectivity index (χ2v) is 9.86. The Labute approximate surface area is 155 Å². The molecule has 0 bridgehead atoms. The van der Waals surface area contributed by atoms with Crippen LogP contribution < -0.4 is 0 Å².